The Kier molecular flexibility index (Phi) is 5.29. The Labute approximate surface area is 158 Å². The average molecular weight is 387 g/mol. The summed E-state index contributed by atoms with van der Waals surface area (Å²) in [5, 5.41) is 7.95. The van der Waals surface area contributed by atoms with Gasteiger partial charge in [0.15, 0.2) is 0 Å². The molecule has 2 aromatic carbocycles. The summed E-state index contributed by atoms with van der Waals surface area (Å²) in [7, 11) is -3.74. The molecule has 3 rings (SSSR count). The molecule has 1 heterocycles. The van der Waals surface area contributed by atoms with Gasteiger partial charge in [0.05, 0.1) is 10.9 Å². The second kappa shape index (κ2) is 7.50. The number of benzene rings is 2. The molecule has 3 N–H and O–H groups in total. The van der Waals surface area contributed by atoms with Crippen molar-refractivity contribution in [1.29, 1.82) is 0 Å². The fraction of sp³-hybridized carbons (Fsp3) is 0.263. The van der Waals surface area contributed by atoms with Crippen LogP contribution in [0.1, 0.15) is 41.7 Å². The van der Waals surface area contributed by atoms with Crippen LogP contribution in [-0.4, -0.2) is 26.8 Å². The fourth-order valence-corrected chi connectivity index (χ4v) is 3.54. The lowest BCUT2D eigenvalue weighted by atomic mass is 10.1. The van der Waals surface area contributed by atoms with Crippen molar-refractivity contribution < 1.29 is 18.0 Å². The van der Waals surface area contributed by atoms with E-state index < -0.39 is 10.0 Å². The van der Waals surface area contributed by atoms with Gasteiger partial charge in [0.25, 0.3) is 5.91 Å². The summed E-state index contributed by atoms with van der Waals surface area (Å²) in [5.41, 5.74) is 2.04. The van der Waals surface area contributed by atoms with E-state index in [1.807, 2.05) is 0 Å². The number of sulfonamides is 1. The fourth-order valence-electron chi connectivity index (χ4n) is 3.02. The molecular weight excluding hydrogens is 366 g/mol. The van der Waals surface area contributed by atoms with Crippen LogP contribution in [0.3, 0.4) is 0 Å². The van der Waals surface area contributed by atoms with Gasteiger partial charge in [-0.25, -0.2) is 13.6 Å². The van der Waals surface area contributed by atoms with E-state index in [2.05, 4.69) is 5.32 Å². The van der Waals surface area contributed by atoms with Gasteiger partial charge in [0.2, 0.25) is 15.9 Å². The van der Waals surface area contributed by atoms with Gasteiger partial charge in [-0.1, -0.05) is 12.1 Å². The van der Waals surface area contributed by atoms with Crippen LogP contribution in [0.25, 0.3) is 0 Å². The highest BCUT2D eigenvalue weighted by Crippen LogP contribution is 2.22. The molecule has 0 saturated carbocycles. The lowest BCUT2D eigenvalue weighted by Crippen LogP contribution is -2.27. The molecule has 1 aliphatic heterocycles. The van der Waals surface area contributed by atoms with Gasteiger partial charge in [-0.2, -0.15) is 0 Å². The van der Waals surface area contributed by atoms with E-state index >= 15 is 0 Å². The van der Waals surface area contributed by atoms with Crippen LogP contribution in [0.15, 0.2) is 53.4 Å². The molecule has 1 fully saturated rings. The van der Waals surface area contributed by atoms with E-state index in [9.17, 15) is 18.0 Å². The Bertz CT molecular complexity index is 953. The molecule has 0 radical (unpaired) electrons. The molecule has 0 spiro atoms. The third-order valence-corrected chi connectivity index (χ3v) is 5.50. The van der Waals surface area contributed by atoms with Crippen LogP contribution < -0.4 is 15.4 Å². The van der Waals surface area contributed by atoms with E-state index in [4.69, 9.17) is 5.14 Å². The summed E-state index contributed by atoms with van der Waals surface area (Å²) < 4.78 is 22.6. The Morgan fingerprint density at radius 1 is 1.11 bits per heavy atom. The monoisotopic (exact) mass is 387 g/mol. The molecule has 0 aromatic heterocycles. The highest BCUT2D eigenvalue weighted by atomic mass is 32.2. The van der Waals surface area contributed by atoms with Gasteiger partial charge in [-0.15, -0.1) is 0 Å². The van der Waals surface area contributed by atoms with E-state index in [-0.39, 0.29) is 22.8 Å². The van der Waals surface area contributed by atoms with Crippen molar-refractivity contribution in [2.45, 2.75) is 30.7 Å². The largest absolute Gasteiger partial charge is 0.346 e. The lowest BCUT2D eigenvalue weighted by molar-refractivity contribution is -0.117. The first-order valence-electron chi connectivity index (χ1n) is 8.60. The van der Waals surface area contributed by atoms with Gasteiger partial charge in [-0.3, -0.25) is 9.59 Å². The van der Waals surface area contributed by atoms with Crippen LogP contribution in [0.2, 0.25) is 0 Å². The van der Waals surface area contributed by atoms with Gasteiger partial charge < -0.3 is 10.2 Å². The first kappa shape index (κ1) is 19.1. The van der Waals surface area contributed by atoms with Crippen molar-refractivity contribution in [3.8, 4) is 0 Å². The number of carbonyl (C=O) groups excluding carboxylic acids is 2. The van der Waals surface area contributed by atoms with Crippen LogP contribution in [-0.2, 0) is 14.8 Å². The molecular formula is C19H21N3O4S. The molecule has 1 saturated heterocycles. The van der Waals surface area contributed by atoms with E-state index in [1.165, 1.54) is 12.1 Å². The minimum Gasteiger partial charge on any atom is -0.346 e. The highest BCUT2D eigenvalue weighted by Gasteiger charge is 2.22. The lowest BCUT2D eigenvalue weighted by Gasteiger charge is -2.17. The number of anilines is 1. The number of primary sulfonamides is 1. The summed E-state index contributed by atoms with van der Waals surface area (Å²) in [6.07, 6.45) is 1.41. The van der Waals surface area contributed by atoms with Crippen LogP contribution in [0, 0.1) is 0 Å². The quantitative estimate of drug-likeness (QED) is 0.817. The molecule has 1 atom stereocenters. The van der Waals surface area contributed by atoms with E-state index in [0.717, 1.165) is 17.7 Å². The molecule has 27 heavy (non-hydrogen) atoms. The molecule has 2 amide bonds. The zero-order chi connectivity index (χ0) is 19.6. The van der Waals surface area contributed by atoms with Gasteiger partial charge in [0.1, 0.15) is 0 Å². The maximum Gasteiger partial charge on any atom is 0.251 e. The maximum absolute atomic E-state index is 12.4. The predicted octanol–water partition coefficient (Wildman–Crippen LogP) is 1.95. The number of carbonyl (C=O) groups is 2. The maximum atomic E-state index is 12.4. The number of hydrogen-bond donors (Lipinski definition) is 2. The molecule has 7 nitrogen and oxygen atoms in total. The minimum atomic E-state index is -3.74. The van der Waals surface area contributed by atoms with Crippen LogP contribution >= 0.6 is 0 Å². The smallest absolute Gasteiger partial charge is 0.251 e. The summed E-state index contributed by atoms with van der Waals surface area (Å²) in [6.45, 7) is 2.51. The van der Waals surface area contributed by atoms with Crippen LogP contribution in [0.5, 0.6) is 0 Å². The standard InChI is InChI=1S/C19H21N3O4S/c1-13(14-6-10-17(11-7-14)27(20,25)26)21-19(24)15-4-8-16(9-5-15)22-12-2-3-18(22)23/h4-11,13H,2-3,12H2,1H3,(H,21,24)(H2,20,25,26)/t13-/m1/s1. The Hall–Kier alpha value is -2.71. The van der Waals surface area contributed by atoms with Crippen molar-refractivity contribution in [1.82, 2.24) is 5.32 Å². The average Bonchev–Trinajstić information content (AvgIpc) is 3.07. The minimum absolute atomic E-state index is 0.0248. The summed E-state index contributed by atoms with van der Waals surface area (Å²) in [6, 6.07) is 12.7. The van der Waals surface area contributed by atoms with Crippen molar-refractivity contribution in [2.75, 3.05) is 11.4 Å². The Morgan fingerprint density at radius 2 is 1.74 bits per heavy atom. The first-order valence-corrected chi connectivity index (χ1v) is 10.1. The molecule has 0 unspecified atom stereocenters. The van der Waals surface area contributed by atoms with Crippen molar-refractivity contribution in [2.24, 2.45) is 5.14 Å². The zero-order valence-corrected chi connectivity index (χ0v) is 15.7. The third-order valence-electron chi connectivity index (χ3n) is 4.57. The molecule has 0 bridgehead atoms. The Balaban J connectivity index is 1.66. The first-order chi connectivity index (χ1) is 12.8. The molecule has 1 aliphatic rings. The normalized spacial score (nSPS) is 15.6. The predicted molar refractivity (Wildman–Crippen MR) is 102 cm³/mol. The summed E-state index contributed by atoms with van der Waals surface area (Å²) in [4.78, 5) is 26.0. The second-order valence-corrected chi connectivity index (χ2v) is 8.07. The molecule has 2 aromatic rings. The van der Waals surface area contributed by atoms with E-state index in [1.54, 1.807) is 48.2 Å². The van der Waals surface area contributed by atoms with Crippen molar-refractivity contribution >= 4 is 27.5 Å². The number of nitrogens with zero attached hydrogens (tertiary/aromatic N) is 1. The van der Waals surface area contributed by atoms with Gasteiger partial charge in [-0.05, 0) is 55.3 Å². The summed E-state index contributed by atoms with van der Waals surface area (Å²) in [5.74, 6) is -0.152. The highest BCUT2D eigenvalue weighted by molar-refractivity contribution is 7.89. The third kappa shape index (κ3) is 4.35. The summed E-state index contributed by atoms with van der Waals surface area (Å²) >= 11 is 0. The zero-order valence-electron chi connectivity index (χ0n) is 14.9. The van der Waals surface area contributed by atoms with Crippen molar-refractivity contribution in [3.05, 3.63) is 59.7 Å². The van der Waals surface area contributed by atoms with Gasteiger partial charge in [0, 0.05) is 24.2 Å². The number of nitrogens with two attached hydrogens (primary N) is 1. The molecule has 8 heteroatoms. The topological polar surface area (TPSA) is 110 Å². The van der Waals surface area contributed by atoms with E-state index in [0.29, 0.717) is 18.5 Å². The number of nitrogens with one attached hydrogen (secondary N) is 1. The number of hydrogen-bond acceptors (Lipinski definition) is 4. The SMILES string of the molecule is C[C@@H](NC(=O)c1ccc(N2CCCC2=O)cc1)c1ccc(S(N)(=O)=O)cc1. The number of amides is 2. The van der Waals surface area contributed by atoms with Gasteiger partial charge >= 0.3 is 0 Å². The number of rotatable bonds is 5. The molecule has 142 valence electrons. The van der Waals surface area contributed by atoms with Crippen LogP contribution in [0.4, 0.5) is 5.69 Å². The second-order valence-electron chi connectivity index (χ2n) is 6.50. The molecule has 0 aliphatic carbocycles. The van der Waals surface area contributed by atoms with Crippen molar-refractivity contribution in [3.63, 3.8) is 0 Å². The Morgan fingerprint density at radius 3 is 2.26 bits per heavy atom.